The fourth-order valence-electron chi connectivity index (χ4n) is 2.27. The number of carbonyl (C=O) groups is 1. The summed E-state index contributed by atoms with van der Waals surface area (Å²) in [4.78, 5) is 11.9. The van der Waals surface area contributed by atoms with E-state index in [-0.39, 0.29) is 5.92 Å². The van der Waals surface area contributed by atoms with E-state index in [4.69, 9.17) is 0 Å². The molecule has 0 spiro atoms. The topological polar surface area (TPSA) is 26.3 Å². The normalized spacial score (nSPS) is 13.8. The molecule has 1 unspecified atom stereocenters. The van der Waals surface area contributed by atoms with Crippen LogP contribution < -0.4 is 0 Å². The summed E-state index contributed by atoms with van der Waals surface area (Å²) in [5.41, 5.74) is 0.124. The molecular weight excluding hydrogens is 281 g/mol. The van der Waals surface area contributed by atoms with E-state index in [9.17, 15) is 18.0 Å². The van der Waals surface area contributed by atoms with Crippen LogP contribution >= 0.6 is 0 Å². The SMILES string of the molecule is CCC(CC(C)(C)C(=O)OCC(F)(F)F)c1ccccc1. The summed E-state index contributed by atoms with van der Waals surface area (Å²) >= 11 is 0. The average molecular weight is 302 g/mol. The van der Waals surface area contributed by atoms with Gasteiger partial charge >= 0.3 is 12.1 Å². The minimum Gasteiger partial charge on any atom is -0.456 e. The summed E-state index contributed by atoms with van der Waals surface area (Å²) in [6, 6.07) is 9.65. The van der Waals surface area contributed by atoms with E-state index in [0.29, 0.717) is 6.42 Å². The largest absolute Gasteiger partial charge is 0.456 e. The molecule has 0 fully saturated rings. The van der Waals surface area contributed by atoms with Crippen LogP contribution in [0.15, 0.2) is 30.3 Å². The number of carbonyl (C=O) groups excluding carboxylic acids is 1. The number of ether oxygens (including phenoxy) is 1. The van der Waals surface area contributed by atoms with Crippen molar-refractivity contribution in [3.05, 3.63) is 35.9 Å². The molecule has 0 N–H and O–H groups in total. The Hall–Kier alpha value is -1.52. The molecule has 0 saturated carbocycles. The lowest BCUT2D eigenvalue weighted by Gasteiger charge is -2.28. The maximum absolute atomic E-state index is 12.1. The first kappa shape index (κ1) is 17.5. The molecule has 1 aromatic carbocycles. The molecule has 5 heteroatoms. The minimum atomic E-state index is -4.49. The molecule has 1 atom stereocenters. The van der Waals surface area contributed by atoms with Gasteiger partial charge in [-0.2, -0.15) is 13.2 Å². The third kappa shape index (κ3) is 5.78. The first-order chi connectivity index (χ1) is 9.65. The van der Waals surface area contributed by atoms with Gasteiger partial charge < -0.3 is 4.74 Å². The van der Waals surface area contributed by atoms with Crippen LogP contribution in [0.4, 0.5) is 13.2 Å². The number of benzene rings is 1. The van der Waals surface area contributed by atoms with E-state index in [2.05, 4.69) is 4.74 Å². The summed E-state index contributed by atoms with van der Waals surface area (Å²) in [5.74, 6) is -0.700. The van der Waals surface area contributed by atoms with Crippen molar-refractivity contribution < 1.29 is 22.7 Å². The number of alkyl halides is 3. The summed E-state index contributed by atoms with van der Waals surface area (Å²) in [6.45, 7) is 3.71. The van der Waals surface area contributed by atoms with Crippen molar-refractivity contribution in [2.75, 3.05) is 6.61 Å². The Labute approximate surface area is 123 Å². The maximum atomic E-state index is 12.1. The van der Waals surface area contributed by atoms with Gasteiger partial charge in [0.05, 0.1) is 5.41 Å². The van der Waals surface area contributed by atoms with E-state index in [0.717, 1.165) is 12.0 Å². The molecular formula is C16H21F3O2. The lowest BCUT2D eigenvalue weighted by Crippen LogP contribution is -2.32. The van der Waals surface area contributed by atoms with E-state index >= 15 is 0 Å². The number of esters is 1. The smallest absolute Gasteiger partial charge is 0.422 e. The first-order valence-electron chi connectivity index (χ1n) is 6.94. The van der Waals surface area contributed by atoms with Crippen molar-refractivity contribution >= 4 is 5.97 Å². The third-order valence-electron chi connectivity index (χ3n) is 3.44. The molecule has 1 rings (SSSR count). The van der Waals surface area contributed by atoms with E-state index < -0.39 is 24.2 Å². The van der Waals surface area contributed by atoms with Gasteiger partial charge in [-0.1, -0.05) is 37.3 Å². The molecule has 0 saturated heterocycles. The van der Waals surface area contributed by atoms with Crippen LogP contribution in [-0.4, -0.2) is 18.8 Å². The van der Waals surface area contributed by atoms with Crippen LogP contribution in [0.2, 0.25) is 0 Å². The zero-order valence-electron chi connectivity index (χ0n) is 12.5. The van der Waals surface area contributed by atoms with Gasteiger partial charge in [0, 0.05) is 0 Å². The van der Waals surface area contributed by atoms with Gasteiger partial charge in [-0.15, -0.1) is 0 Å². The van der Waals surface area contributed by atoms with Gasteiger partial charge in [0.1, 0.15) is 0 Å². The van der Waals surface area contributed by atoms with E-state index in [1.54, 1.807) is 13.8 Å². The van der Waals surface area contributed by atoms with Gasteiger partial charge in [0.25, 0.3) is 0 Å². The highest BCUT2D eigenvalue weighted by Crippen LogP contribution is 2.35. The van der Waals surface area contributed by atoms with Crippen molar-refractivity contribution in [3.8, 4) is 0 Å². The zero-order chi connectivity index (χ0) is 16.1. The quantitative estimate of drug-likeness (QED) is 0.712. The molecule has 0 radical (unpaired) electrons. The molecule has 21 heavy (non-hydrogen) atoms. The lowest BCUT2D eigenvalue weighted by atomic mass is 9.79. The Morgan fingerprint density at radius 3 is 2.24 bits per heavy atom. The number of hydrogen-bond acceptors (Lipinski definition) is 2. The number of rotatable bonds is 6. The van der Waals surface area contributed by atoms with Crippen molar-refractivity contribution in [1.82, 2.24) is 0 Å². The Kier molecular flexibility index (Phi) is 5.81. The maximum Gasteiger partial charge on any atom is 0.422 e. The van der Waals surface area contributed by atoms with Crippen molar-refractivity contribution in [2.24, 2.45) is 5.41 Å². The molecule has 0 aliphatic heterocycles. The summed E-state index contributed by atoms with van der Waals surface area (Å²) in [7, 11) is 0. The molecule has 2 nitrogen and oxygen atoms in total. The first-order valence-corrected chi connectivity index (χ1v) is 6.94. The molecule has 0 heterocycles. The second-order valence-corrected chi connectivity index (χ2v) is 5.80. The van der Waals surface area contributed by atoms with E-state index in [1.807, 2.05) is 37.3 Å². The van der Waals surface area contributed by atoms with Gasteiger partial charge in [-0.05, 0) is 38.2 Å². The third-order valence-corrected chi connectivity index (χ3v) is 3.44. The van der Waals surface area contributed by atoms with Crippen LogP contribution in [0.5, 0.6) is 0 Å². The monoisotopic (exact) mass is 302 g/mol. The fraction of sp³-hybridized carbons (Fsp3) is 0.562. The highest BCUT2D eigenvalue weighted by Gasteiger charge is 2.36. The van der Waals surface area contributed by atoms with Crippen molar-refractivity contribution in [2.45, 2.75) is 45.7 Å². The summed E-state index contributed by atoms with van der Waals surface area (Å²) in [5, 5.41) is 0. The predicted molar refractivity (Wildman–Crippen MR) is 74.9 cm³/mol. The van der Waals surface area contributed by atoms with Gasteiger partial charge in [-0.25, -0.2) is 0 Å². The average Bonchev–Trinajstić information content (AvgIpc) is 2.42. The molecule has 0 aliphatic carbocycles. The Morgan fingerprint density at radius 1 is 1.19 bits per heavy atom. The number of hydrogen-bond donors (Lipinski definition) is 0. The molecule has 0 bridgehead atoms. The van der Waals surface area contributed by atoms with Crippen LogP contribution in [0, 0.1) is 5.41 Å². The number of halogens is 3. The van der Waals surface area contributed by atoms with Crippen LogP contribution in [0.1, 0.15) is 45.1 Å². The molecule has 1 aromatic rings. The lowest BCUT2D eigenvalue weighted by molar-refractivity contribution is -0.192. The van der Waals surface area contributed by atoms with Gasteiger partial charge in [0.2, 0.25) is 0 Å². The van der Waals surface area contributed by atoms with Crippen LogP contribution in [0.25, 0.3) is 0 Å². The highest BCUT2D eigenvalue weighted by atomic mass is 19.4. The highest BCUT2D eigenvalue weighted by molar-refractivity contribution is 5.76. The Bertz CT molecular complexity index is 452. The van der Waals surface area contributed by atoms with Crippen LogP contribution in [-0.2, 0) is 9.53 Å². The Balaban J connectivity index is 2.71. The standard InChI is InChI=1S/C16H21F3O2/c1-4-12(13-8-6-5-7-9-13)10-15(2,3)14(20)21-11-16(17,18)19/h5-9,12H,4,10-11H2,1-3H3. The molecule has 0 aliphatic rings. The Morgan fingerprint density at radius 2 is 1.76 bits per heavy atom. The summed E-state index contributed by atoms with van der Waals surface area (Å²) in [6.07, 6.45) is -3.24. The minimum absolute atomic E-state index is 0.111. The van der Waals surface area contributed by atoms with Gasteiger partial charge in [-0.3, -0.25) is 4.79 Å². The van der Waals surface area contributed by atoms with E-state index in [1.165, 1.54) is 0 Å². The second-order valence-electron chi connectivity index (χ2n) is 5.80. The van der Waals surface area contributed by atoms with Crippen molar-refractivity contribution in [1.29, 1.82) is 0 Å². The molecule has 0 aromatic heterocycles. The molecule has 0 amide bonds. The van der Waals surface area contributed by atoms with Crippen LogP contribution in [0.3, 0.4) is 0 Å². The predicted octanol–water partition coefficient (Wildman–Crippen LogP) is 4.70. The van der Waals surface area contributed by atoms with Gasteiger partial charge in [0.15, 0.2) is 6.61 Å². The fourth-order valence-corrected chi connectivity index (χ4v) is 2.27. The molecule has 118 valence electrons. The zero-order valence-corrected chi connectivity index (χ0v) is 12.5. The second kappa shape index (κ2) is 6.96. The van der Waals surface area contributed by atoms with Crippen molar-refractivity contribution in [3.63, 3.8) is 0 Å². The summed E-state index contributed by atoms with van der Waals surface area (Å²) < 4.78 is 40.8.